The lowest BCUT2D eigenvalue weighted by molar-refractivity contribution is -0.384. The van der Waals surface area contributed by atoms with Crippen LogP contribution >= 0.6 is 0 Å². The normalized spacial score (nSPS) is 12.6. The summed E-state index contributed by atoms with van der Waals surface area (Å²) in [5, 5.41) is 14.7. The van der Waals surface area contributed by atoms with E-state index in [9.17, 15) is 14.9 Å². The van der Waals surface area contributed by atoms with Gasteiger partial charge in [-0.1, -0.05) is 32.9 Å². The number of nitro benzene ring substituents is 1. The largest absolute Gasteiger partial charge is 0.339 e. The molecule has 0 bridgehead atoms. The van der Waals surface area contributed by atoms with E-state index in [4.69, 9.17) is 4.52 Å². The summed E-state index contributed by atoms with van der Waals surface area (Å²) < 4.78 is 5.31. The van der Waals surface area contributed by atoms with Gasteiger partial charge < -0.3 is 9.42 Å². The number of carbonyl (C=O) groups excluding carboxylic acids is 1. The minimum absolute atomic E-state index is 0.00836. The minimum atomic E-state index is -0.455. The monoisotopic (exact) mass is 388 g/mol. The van der Waals surface area contributed by atoms with Crippen molar-refractivity contribution in [1.29, 1.82) is 0 Å². The van der Waals surface area contributed by atoms with Crippen LogP contribution in [0.1, 0.15) is 53.4 Å². The summed E-state index contributed by atoms with van der Waals surface area (Å²) in [7, 11) is 0. The Morgan fingerprint density at radius 2 is 1.93 bits per heavy atom. The number of non-ortho nitro benzene ring substituents is 1. The summed E-state index contributed by atoms with van der Waals surface area (Å²) in [5.41, 5.74) is 0.577. The molecule has 0 fully saturated rings. The van der Waals surface area contributed by atoms with Gasteiger partial charge in [0.1, 0.15) is 0 Å². The second kappa shape index (κ2) is 8.95. The van der Waals surface area contributed by atoms with Gasteiger partial charge in [-0.3, -0.25) is 14.9 Å². The van der Waals surface area contributed by atoms with Gasteiger partial charge >= 0.3 is 0 Å². The van der Waals surface area contributed by atoms with Gasteiger partial charge in [-0.05, 0) is 30.9 Å². The molecule has 1 aromatic carbocycles. The molecule has 8 nitrogen and oxygen atoms in total. The zero-order valence-electron chi connectivity index (χ0n) is 17.1. The summed E-state index contributed by atoms with van der Waals surface area (Å²) in [6.07, 6.45) is 1.81. The fraction of sp³-hybridized carbons (Fsp3) is 0.550. The zero-order chi connectivity index (χ0) is 20.9. The number of nitrogens with zero attached hydrogens (tertiary/aromatic N) is 4. The Morgan fingerprint density at radius 1 is 1.29 bits per heavy atom. The average molecular weight is 388 g/mol. The predicted octanol–water partition coefficient (Wildman–Crippen LogP) is 4.25. The van der Waals surface area contributed by atoms with Gasteiger partial charge in [-0.15, -0.1) is 0 Å². The summed E-state index contributed by atoms with van der Waals surface area (Å²) in [4.78, 5) is 29.2. The lowest BCUT2D eigenvalue weighted by Gasteiger charge is -2.31. The van der Waals surface area contributed by atoms with Crippen LogP contribution in [0.15, 0.2) is 28.8 Å². The molecule has 0 aliphatic rings. The number of aromatic nitrogens is 2. The molecular formula is C20H28N4O4. The molecule has 0 saturated heterocycles. The maximum atomic E-state index is 12.7. The predicted molar refractivity (Wildman–Crippen MR) is 106 cm³/mol. The van der Waals surface area contributed by atoms with Crippen LogP contribution in [-0.4, -0.2) is 38.5 Å². The van der Waals surface area contributed by atoms with E-state index in [1.807, 2.05) is 32.6 Å². The topological polar surface area (TPSA) is 102 Å². The van der Waals surface area contributed by atoms with Crippen LogP contribution in [0.2, 0.25) is 0 Å². The molecule has 0 spiro atoms. The first-order chi connectivity index (χ1) is 13.1. The molecule has 28 heavy (non-hydrogen) atoms. The number of carbonyl (C=O) groups is 1. The molecule has 1 atom stereocenters. The fourth-order valence-electron chi connectivity index (χ4n) is 2.79. The van der Waals surface area contributed by atoms with Crippen molar-refractivity contribution in [3.63, 3.8) is 0 Å². The number of nitro groups is 1. The Morgan fingerprint density at radius 3 is 2.46 bits per heavy atom. The van der Waals surface area contributed by atoms with E-state index < -0.39 is 4.92 Å². The van der Waals surface area contributed by atoms with Crippen LogP contribution in [0.5, 0.6) is 0 Å². The molecule has 0 unspecified atom stereocenters. The maximum Gasteiger partial charge on any atom is 0.269 e. The van der Waals surface area contributed by atoms with E-state index in [2.05, 4.69) is 17.1 Å². The summed E-state index contributed by atoms with van der Waals surface area (Å²) in [5.74, 6) is 0.933. The van der Waals surface area contributed by atoms with Gasteiger partial charge in [0.05, 0.1) is 4.92 Å². The highest BCUT2D eigenvalue weighted by Gasteiger charge is 2.24. The lowest BCUT2D eigenvalue weighted by Crippen LogP contribution is -2.41. The van der Waals surface area contributed by atoms with Crippen LogP contribution in [0.25, 0.3) is 11.4 Å². The Labute approximate surface area is 165 Å². The molecule has 1 aromatic heterocycles. The van der Waals surface area contributed by atoms with Crippen LogP contribution in [0.3, 0.4) is 0 Å². The molecule has 2 rings (SSSR count). The Balaban J connectivity index is 2.06. The van der Waals surface area contributed by atoms with Crippen LogP contribution in [0.4, 0.5) is 5.69 Å². The van der Waals surface area contributed by atoms with Crippen LogP contribution in [0, 0.1) is 15.5 Å². The first-order valence-corrected chi connectivity index (χ1v) is 9.47. The third kappa shape index (κ3) is 5.87. The van der Waals surface area contributed by atoms with E-state index in [0.717, 1.165) is 6.42 Å². The van der Waals surface area contributed by atoms with Crippen molar-refractivity contribution in [3.05, 3.63) is 40.3 Å². The van der Waals surface area contributed by atoms with Crippen molar-refractivity contribution >= 4 is 11.6 Å². The summed E-state index contributed by atoms with van der Waals surface area (Å²) in [6, 6.07) is 6.12. The van der Waals surface area contributed by atoms with Crippen LogP contribution < -0.4 is 0 Å². The van der Waals surface area contributed by atoms with Crippen molar-refractivity contribution in [1.82, 2.24) is 15.0 Å². The molecule has 2 aromatic rings. The van der Waals surface area contributed by atoms with Crippen LogP contribution in [-0.2, 0) is 11.2 Å². The minimum Gasteiger partial charge on any atom is -0.339 e. The van der Waals surface area contributed by atoms with E-state index in [1.165, 1.54) is 12.1 Å². The molecule has 152 valence electrons. The lowest BCUT2D eigenvalue weighted by atomic mass is 9.91. The number of hydrogen-bond donors (Lipinski definition) is 0. The summed E-state index contributed by atoms with van der Waals surface area (Å²) in [6.45, 7) is 10.8. The molecule has 0 radical (unpaired) electrons. The van der Waals surface area contributed by atoms with Gasteiger partial charge in [-0.25, -0.2) is 0 Å². The smallest absolute Gasteiger partial charge is 0.269 e. The molecule has 0 N–H and O–H groups in total. The van der Waals surface area contributed by atoms with E-state index in [-0.39, 0.29) is 23.1 Å². The second-order valence-corrected chi connectivity index (χ2v) is 8.15. The molecule has 1 heterocycles. The SMILES string of the molecule is CC[C@H](C)N(CCc1nc(-c2ccc([N+](=O)[O-])cc2)no1)C(=O)CC(C)(C)C. The average Bonchev–Trinajstić information content (AvgIpc) is 3.09. The first kappa shape index (κ1) is 21.5. The maximum absolute atomic E-state index is 12.7. The van der Waals surface area contributed by atoms with E-state index in [1.54, 1.807) is 12.1 Å². The van der Waals surface area contributed by atoms with Gasteiger partial charge in [0.25, 0.3) is 5.69 Å². The van der Waals surface area contributed by atoms with Gasteiger partial charge in [0.2, 0.25) is 17.6 Å². The summed E-state index contributed by atoms with van der Waals surface area (Å²) >= 11 is 0. The third-order valence-corrected chi connectivity index (χ3v) is 4.50. The van der Waals surface area contributed by atoms with E-state index >= 15 is 0 Å². The first-order valence-electron chi connectivity index (χ1n) is 9.47. The standard InChI is InChI=1S/C20H28N4O4/c1-6-14(2)23(18(25)13-20(3,4)5)12-11-17-21-19(22-28-17)15-7-9-16(10-8-15)24(26)27/h7-10,14H,6,11-13H2,1-5H3/t14-/m0/s1. The number of amides is 1. The van der Waals surface area contributed by atoms with Crippen molar-refractivity contribution in [3.8, 4) is 11.4 Å². The molecule has 0 saturated carbocycles. The molecular weight excluding hydrogens is 360 g/mol. The van der Waals surface area contributed by atoms with Crippen molar-refractivity contribution in [2.45, 2.75) is 59.9 Å². The highest BCUT2D eigenvalue weighted by molar-refractivity contribution is 5.77. The Kier molecular flexibility index (Phi) is 6.88. The van der Waals surface area contributed by atoms with Gasteiger partial charge in [0, 0.05) is 43.1 Å². The number of hydrogen-bond acceptors (Lipinski definition) is 6. The molecule has 0 aliphatic heterocycles. The third-order valence-electron chi connectivity index (χ3n) is 4.50. The quantitative estimate of drug-likeness (QED) is 0.495. The Hall–Kier alpha value is -2.77. The van der Waals surface area contributed by atoms with Crippen molar-refractivity contribution < 1.29 is 14.2 Å². The molecule has 8 heteroatoms. The zero-order valence-corrected chi connectivity index (χ0v) is 17.1. The Bertz CT molecular complexity index is 808. The second-order valence-electron chi connectivity index (χ2n) is 8.15. The number of rotatable bonds is 8. The van der Waals surface area contributed by atoms with Crippen molar-refractivity contribution in [2.24, 2.45) is 5.41 Å². The van der Waals surface area contributed by atoms with E-state index in [0.29, 0.717) is 36.7 Å². The van der Waals surface area contributed by atoms with Gasteiger partial charge in [-0.2, -0.15) is 4.98 Å². The molecule has 0 aliphatic carbocycles. The van der Waals surface area contributed by atoms with Gasteiger partial charge in [0.15, 0.2) is 0 Å². The van der Waals surface area contributed by atoms with Crippen molar-refractivity contribution in [2.75, 3.05) is 6.54 Å². The number of benzene rings is 1. The highest BCUT2D eigenvalue weighted by Crippen LogP contribution is 2.22. The fourth-order valence-corrected chi connectivity index (χ4v) is 2.79. The molecule has 1 amide bonds. The highest BCUT2D eigenvalue weighted by atomic mass is 16.6.